The first-order chi connectivity index (χ1) is 8.90. The predicted molar refractivity (Wildman–Crippen MR) is 85.2 cm³/mol. The number of carbonyl (C=O) groups is 1. The van der Waals surface area contributed by atoms with Crippen molar-refractivity contribution in [2.45, 2.75) is 13.8 Å². The highest BCUT2D eigenvalue weighted by atomic mass is 35.5. The summed E-state index contributed by atoms with van der Waals surface area (Å²) in [6.07, 6.45) is 0. The molecule has 0 aliphatic carbocycles. The Bertz CT molecular complexity index is 423. The van der Waals surface area contributed by atoms with E-state index in [1.807, 2.05) is 19.0 Å². The van der Waals surface area contributed by atoms with Crippen molar-refractivity contribution < 1.29 is 4.79 Å². The summed E-state index contributed by atoms with van der Waals surface area (Å²) in [4.78, 5) is 20.4. The molecule has 0 aliphatic rings. The van der Waals surface area contributed by atoms with Crippen molar-refractivity contribution >= 4 is 24.1 Å². The molecule has 0 aliphatic heterocycles. The number of carbonyl (C=O) groups excluding carboxylic acids is 1. The predicted octanol–water partition coefficient (Wildman–Crippen LogP) is 1.75. The molecule has 1 heterocycles. The van der Waals surface area contributed by atoms with E-state index in [4.69, 9.17) is 5.73 Å². The smallest absolute Gasteiger partial charge is 0.272 e. The molecule has 1 aromatic rings. The van der Waals surface area contributed by atoms with Gasteiger partial charge in [-0.15, -0.1) is 12.4 Å². The number of anilines is 1. The Morgan fingerprint density at radius 3 is 2.45 bits per heavy atom. The molecule has 0 atom stereocenters. The number of nitrogens with zero attached hydrogens (tertiary/aromatic N) is 3. The van der Waals surface area contributed by atoms with Gasteiger partial charge in [-0.3, -0.25) is 4.79 Å². The van der Waals surface area contributed by atoms with Crippen LogP contribution in [0.5, 0.6) is 0 Å². The van der Waals surface area contributed by atoms with E-state index >= 15 is 0 Å². The average Bonchev–Trinajstić information content (AvgIpc) is 2.33. The lowest BCUT2D eigenvalue weighted by atomic mass is 10.2. The lowest BCUT2D eigenvalue weighted by molar-refractivity contribution is 0.0719. The number of pyridine rings is 1. The summed E-state index contributed by atoms with van der Waals surface area (Å²) in [7, 11) is 3.99. The number of nitrogens with two attached hydrogens (primary N) is 1. The van der Waals surface area contributed by atoms with Gasteiger partial charge in [0.1, 0.15) is 11.5 Å². The van der Waals surface area contributed by atoms with Crippen LogP contribution in [0.15, 0.2) is 18.2 Å². The molecular weight excluding hydrogens is 276 g/mol. The molecule has 2 N–H and O–H groups in total. The molecular formula is C14H25ClN4O. The monoisotopic (exact) mass is 300 g/mol. The first-order valence-electron chi connectivity index (χ1n) is 6.56. The molecule has 0 saturated heterocycles. The molecule has 0 unspecified atom stereocenters. The third-order valence-electron chi connectivity index (χ3n) is 2.68. The highest BCUT2D eigenvalue weighted by Gasteiger charge is 2.18. The minimum Gasteiger partial charge on any atom is -0.384 e. The molecule has 0 saturated carbocycles. The zero-order chi connectivity index (χ0) is 14.4. The Balaban J connectivity index is 0.00000361. The van der Waals surface area contributed by atoms with Crippen LogP contribution in [0.25, 0.3) is 0 Å². The van der Waals surface area contributed by atoms with Gasteiger partial charge >= 0.3 is 0 Å². The molecule has 1 amide bonds. The topological polar surface area (TPSA) is 62.5 Å². The zero-order valence-corrected chi connectivity index (χ0v) is 13.5. The van der Waals surface area contributed by atoms with Crippen LogP contribution in [-0.2, 0) is 0 Å². The highest BCUT2D eigenvalue weighted by Crippen LogP contribution is 2.07. The van der Waals surface area contributed by atoms with E-state index in [1.165, 1.54) is 0 Å². The Kier molecular flexibility index (Phi) is 8.18. The Hall–Kier alpha value is -1.33. The van der Waals surface area contributed by atoms with Gasteiger partial charge in [-0.05, 0) is 32.1 Å². The maximum atomic E-state index is 12.4. The lowest BCUT2D eigenvalue weighted by Crippen LogP contribution is -2.39. The fourth-order valence-electron chi connectivity index (χ4n) is 1.77. The lowest BCUT2D eigenvalue weighted by Gasteiger charge is -2.25. The van der Waals surface area contributed by atoms with Crippen molar-refractivity contribution in [2.24, 2.45) is 5.92 Å². The third-order valence-corrected chi connectivity index (χ3v) is 2.68. The number of rotatable bonds is 6. The van der Waals surface area contributed by atoms with Gasteiger partial charge in [0.15, 0.2) is 0 Å². The van der Waals surface area contributed by atoms with E-state index in [2.05, 4.69) is 23.7 Å². The molecule has 114 valence electrons. The summed E-state index contributed by atoms with van der Waals surface area (Å²) >= 11 is 0. The van der Waals surface area contributed by atoms with E-state index in [1.54, 1.807) is 18.2 Å². The molecule has 0 bridgehead atoms. The normalized spacial score (nSPS) is 10.5. The molecule has 1 rings (SSSR count). The summed E-state index contributed by atoms with van der Waals surface area (Å²) in [5.74, 6) is 0.748. The van der Waals surface area contributed by atoms with Crippen LogP contribution in [0.1, 0.15) is 24.3 Å². The van der Waals surface area contributed by atoms with Crippen molar-refractivity contribution in [3.63, 3.8) is 0 Å². The maximum absolute atomic E-state index is 12.4. The molecule has 5 nitrogen and oxygen atoms in total. The molecule has 1 aromatic heterocycles. The SMILES string of the molecule is CC(C)CN(CCN(C)C)C(=O)c1cccc(N)n1.Cl. The number of aromatic nitrogens is 1. The van der Waals surface area contributed by atoms with Crippen LogP contribution < -0.4 is 5.73 Å². The van der Waals surface area contributed by atoms with Crippen LogP contribution in [0.3, 0.4) is 0 Å². The quantitative estimate of drug-likeness (QED) is 0.869. The zero-order valence-electron chi connectivity index (χ0n) is 12.7. The van der Waals surface area contributed by atoms with Gasteiger partial charge in [0.25, 0.3) is 5.91 Å². The first kappa shape index (κ1) is 18.7. The number of amides is 1. The Morgan fingerprint density at radius 2 is 1.95 bits per heavy atom. The Morgan fingerprint density at radius 1 is 1.30 bits per heavy atom. The van der Waals surface area contributed by atoms with Crippen LogP contribution >= 0.6 is 12.4 Å². The van der Waals surface area contributed by atoms with Gasteiger partial charge < -0.3 is 15.5 Å². The number of likely N-dealkylation sites (N-methyl/N-ethyl adjacent to an activating group) is 1. The van der Waals surface area contributed by atoms with Gasteiger partial charge in [-0.25, -0.2) is 4.98 Å². The van der Waals surface area contributed by atoms with Crippen molar-refractivity contribution in [1.29, 1.82) is 0 Å². The second kappa shape index (κ2) is 8.76. The molecule has 0 radical (unpaired) electrons. The Labute approximate surface area is 127 Å². The minimum absolute atomic E-state index is 0. The molecule has 0 fully saturated rings. The van der Waals surface area contributed by atoms with E-state index in [-0.39, 0.29) is 18.3 Å². The number of nitrogen functional groups attached to an aromatic ring is 1. The summed E-state index contributed by atoms with van der Waals surface area (Å²) in [6, 6.07) is 5.15. The van der Waals surface area contributed by atoms with Crippen molar-refractivity contribution in [3.05, 3.63) is 23.9 Å². The minimum atomic E-state index is -0.0529. The van der Waals surface area contributed by atoms with Crippen LogP contribution in [0.2, 0.25) is 0 Å². The summed E-state index contributed by atoms with van der Waals surface area (Å²) in [5, 5.41) is 0. The second-order valence-electron chi connectivity index (χ2n) is 5.40. The van der Waals surface area contributed by atoms with Gasteiger partial charge in [0.05, 0.1) is 0 Å². The van der Waals surface area contributed by atoms with Crippen molar-refractivity contribution in [3.8, 4) is 0 Å². The third kappa shape index (κ3) is 6.21. The summed E-state index contributed by atoms with van der Waals surface area (Å²) in [5.41, 5.74) is 6.05. The van der Waals surface area contributed by atoms with Gasteiger partial charge in [-0.1, -0.05) is 19.9 Å². The van der Waals surface area contributed by atoms with Gasteiger partial charge in [0.2, 0.25) is 0 Å². The molecule has 0 spiro atoms. The van der Waals surface area contributed by atoms with Crippen LogP contribution in [-0.4, -0.2) is 54.4 Å². The van der Waals surface area contributed by atoms with Gasteiger partial charge in [-0.2, -0.15) is 0 Å². The van der Waals surface area contributed by atoms with E-state index < -0.39 is 0 Å². The average molecular weight is 301 g/mol. The van der Waals surface area contributed by atoms with E-state index in [0.29, 0.717) is 24.0 Å². The first-order valence-corrected chi connectivity index (χ1v) is 6.56. The number of hydrogen-bond donors (Lipinski definition) is 1. The highest BCUT2D eigenvalue weighted by molar-refractivity contribution is 5.92. The summed E-state index contributed by atoms with van der Waals surface area (Å²) < 4.78 is 0. The van der Waals surface area contributed by atoms with Crippen LogP contribution in [0.4, 0.5) is 5.82 Å². The number of hydrogen-bond acceptors (Lipinski definition) is 4. The van der Waals surface area contributed by atoms with E-state index in [9.17, 15) is 4.79 Å². The second-order valence-corrected chi connectivity index (χ2v) is 5.40. The summed E-state index contributed by atoms with van der Waals surface area (Å²) in [6.45, 7) is 6.45. The fourth-order valence-corrected chi connectivity index (χ4v) is 1.77. The molecule has 20 heavy (non-hydrogen) atoms. The fraction of sp³-hybridized carbons (Fsp3) is 0.571. The van der Waals surface area contributed by atoms with Crippen molar-refractivity contribution in [2.75, 3.05) is 39.5 Å². The van der Waals surface area contributed by atoms with Crippen molar-refractivity contribution in [1.82, 2.24) is 14.8 Å². The molecule has 6 heteroatoms. The van der Waals surface area contributed by atoms with Crippen LogP contribution in [0, 0.1) is 5.92 Å². The molecule has 0 aromatic carbocycles. The maximum Gasteiger partial charge on any atom is 0.272 e. The van der Waals surface area contributed by atoms with Gasteiger partial charge in [0, 0.05) is 19.6 Å². The van der Waals surface area contributed by atoms with E-state index in [0.717, 1.165) is 13.1 Å². The largest absolute Gasteiger partial charge is 0.384 e. The number of halogens is 1. The standard InChI is InChI=1S/C14H24N4O.ClH/c1-11(2)10-18(9-8-17(3)4)14(19)12-6-5-7-13(15)16-12;/h5-7,11H,8-10H2,1-4H3,(H2,15,16);1H.